The molecule has 0 aromatic heterocycles. The molecule has 196 valence electrons. The van der Waals surface area contributed by atoms with Crippen molar-refractivity contribution in [2.24, 2.45) is 5.10 Å². The first-order valence-electron chi connectivity index (χ1n) is 13.1. The van der Waals surface area contributed by atoms with Crippen LogP contribution >= 0.6 is 11.8 Å². The Morgan fingerprint density at radius 1 is 1.05 bits per heavy atom. The van der Waals surface area contributed by atoms with Crippen molar-refractivity contribution in [1.29, 1.82) is 0 Å². The molecule has 0 spiro atoms. The van der Waals surface area contributed by atoms with Crippen molar-refractivity contribution in [1.82, 2.24) is 9.91 Å². The number of carbonyl (C=O) groups is 2. The van der Waals surface area contributed by atoms with E-state index < -0.39 is 0 Å². The Balaban J connectivity index is 1.24. The third kappa shape index (κ3) is 6.64. The first kappa shape index (κ1) is 25.6. The topological polar surface area (TPSA) is 83.5 Å². The highest BCUT2D eigenvalue weighted by molar-refractivity contribution is 8.14. The number of methoxy groups -OCH3 is 1. The number of amides is 2. The maximum Gasteiger partial charge on any atom is 0.302 e. The molecule has 8 nitrogen and oxygen atoms in total. The number of hydrogen-bond acceptors (Lipinski definition) is 7. The maximum absolute atomic E-state index is 12.6. The molecule has 2 fully saturated rings. The Hall–Kier alpha value is -3.04. The third-order valence-electron chi connectivity index (χ3n) is 7.01. The number of hydrogen-bond donors (Lipinski definition) is 1. The molecule has 37 heavy (non-hydrogen) atoms. The predicted molar refractivity (Wildman–Crippen MR) is 147 cm³/mol. The zero-order chi connectivity index (χ0) is 25.6. The third-order valence-corrected chi connectivity index (χ3v) is 7.89. The highest BCUT2D eigenvalue weighted by Crippen LogP contribution is 2.33. The molecule has 2 heterocycles. The summed E-state index contributed by atoms with van der Waals surface area (Å²) in [5.41, 5.74) is 3.45. The second kappa shape index (κ2) is 12.0. The monoisotopic (exact) mass is 522 g/mol. The van der Waals surface area contributed by atoms with E-state index >= 15 is 0 Å². The quantitative estimate of drug-likeness (QED) is 0.492. The van der Waals surface area contributed by atoms with Crippen LogP contribution in [0.25, 0.3) is 0 Å². The van der Waals surface area contributed by atoms with Gasteiger partial charge in [-0.05, 0) is 87.5 Å². The highest BCUT2D eigenvalue weighted by atomic mass is 32.2. The van der Waals surface area contributed by atoms with Crippen molar-refractivity contribution >= 4 is 34.3 Å². The molecular weight excluding hydrogens is 488 g/mol. The van der Waals surface area contributed by atoms with E-state index in [9.17, 15) is 9.59 Å². The van der Waals surface area contributed by atoms with Crippen molar-refractivity contribution in [3.05, 3.63) is 53.6 Å². The lowest BCUT2D eigenvalue weighted by Gasteiger charge is -2.24. The van der Waals surface area contributed by atoms with Gasteiger partial charge in [0.15, 0.2) is 11.5 Å². The molecular formula is C28H34N4O4S. The first-order chi connectivity index (χ1) is 18.1. The van der Waals surface area contributed by atoms with Gasteiger partial charge in [-0.1, -0.05) is 23.9 Å². The van der Waals surface area contributed by atoms with Gasteiger partial charge in [0.25, 0.3) is 0 Å². The van der Waals surface area contributed by atoms with Crippen molar-refractivity contribution in [2.45, 2.75) is 51.2 Å². The van der Waals surface area contributed by atoms with Crippen molar-refractivity contribution in [3.8, 4) is 11.5 Å². The Labute approximate surface area is 222 Å². The van der Waals surface area contributed by atoms with Crippen LogP contribution in [0.15, 0.2) is 47.6 Å². The molecule has 0 bridgehead atoms. The van der Waals surface area contributed by atoms with Gasteiger partial charge in [-0.25, -0.2) is 5.01 Å². The van der Waals surface area contributed by atoms with Gasteiger partial charge in [0.05, 0.1) is 32.0 Å². The summed E-state index contributed by atoms with van der Waals surface area (Å²) in [5.74, 6) is 1.94. The SMILES string of the molecule is COc1ccc(C2=NN(Cc3ccc(NC(=O)CN4CCCC4)cc3)C(=O)SC2)cc1OC1CCCC1. The average molecular weight is 523 g/mol. The Kier molecular flexibility index (Phi) is 8.31. The fourth-order valence-corrected chi connectivity index (χ4v) is 5.74. The molecule has 0 atom stereocenters. The summed E-state index contributed by atoms with van der Waals surface area (Å²) in [6, 6.07) is 13.4. The second-order valence-electron chi connectivity index (χ2n) is 9.78. The van der Waals surface area contributed by atoms with E-state index in [0.29, 0.717) is 24.6 Å². The largest absolute Gasteiger partial charge is 0.493 e. The van der Waals surface area contributed by atoms with E-state index in [4.69, 9.17) is 14.6 Å². The molecule has 5 rings (SSSR count). The van der Waals surface area contributed by atoms with E-state index in [1.807, 2.05) is 42.5 Å². The van der Waals surface area contributed by atoms with E-state index in [0.717, 1.165) is 67.0 Å². The summed E-state index contributed by atoms with van der Waals surface area (Å²) in [4.78, 5) is 27.1. The van der Waals surface area contributed by atoms with Crippen molar-refractivity contribution in [2.75, 3.05) is 37.8 Å². The number of ether oxygens (including phenoxy) is 2. The zero-order valence-electron chi connectivity index (χ0n) is 21.3. The highest BCUT2D eigenvalue weighted by Gasteiger charge is 2.24. The van der Waals surface area contributed by atoms with Crippen LogP contribution < -0.4 is 14.8 Å². The van der Waals surface area contributed by atoms with E-state index in [1.54, 1.807) is 7.11 Å². The van der Waals surface area contributed by atoms with E-state index in [1.165, 1.54) is 29.6 Å². The van der Waals surface area contributed by atoms with Gasteiger partial charge in [-0.15, -0.1) is 0 Å². The number of nitrogens with one attached hydrogen (secondary N) is 1. The molecule has 2 aliphatic heterocycles. The fourth-order valence-electron chi connectivity index (χ4n) is 5.01. The summed E-state index contributed by atoms with van der Waals surface area (Å²) in [6.07, 6.45) is 7.05. The minimum Gasteiger partial charge on any atom is -0.493 e. The molecule has 2 aromatic rings. The molecule has 3 aliphatic rings. The summed E-state index contributed by atoms with van der Waals surface area (Å²) < 4.78 is 11.8. The van der Waals surface area contributed by atoms with Gasteiger partial charge in [-0.2, -0.15) is 5.10 Å². The number of benzene rings is 2. The Morgan fingerprint density at radius 2 is 1.81 bits per heavy atom. The standard InChI is InChI=1S/C28H34N4O4S/c1-35-25-13-10-21(16-26(25)36-23-6-2-3-7-23)24-19-37-28(34)32(30-24)17-20-8-11-22(12-9-20)29-27(33)18-31-14-4-5-15-31/h8-13,16,23H,2-7,14-15,17-19H2,1H3,(H,29,33). The summed E-state index contributed by atoms with van der Waals surface area (Å²) in [6.45, 7) is 2.76. The van der Waals surface area contributed by atoms with Crippen molar-refractivity contribution < 1.29 is 19.1 Å². The molecule has 9 heteroatoms. The van der Waals surface area contributed by atoms with Crippen LogP contribution in [0.5, 0.6) is 11.5 Å². The van der Waals surface area contributed by atoms with Gasteiger partial charge in [0.1, 0.15) is 0 Å². The molecule has 0 radical (unpaired) electrons. The number of nitrogens with zero attached hydrogens (tertiary/aromatic N) is 3. The lowest BCUT2D eigenvalue weighted by molar-refractivity contribution is -0.117. The molecule has 2 aromatic carbocycles. The van der Waals surface area contributed by atoms with Crippen LogP contribution in [-0.2, 0) is 11.3 Å². The zero-order valence-corrected chi connectivity index (χ0v) is 22.1. The molecule has 1 saturated carbocycles. The van der Waals surface area contributed by atoms with Crippen LogP contribution in [0.3, 0.4) is 0 Å². The smallest absolute Gasteiger partial charge is 0.302 e. The fraction of sp³-hybridized carbons (Fsp3) is 0.464. The Morgan fingerprint density at radius 3 is 2.54 bits per heavy atom. The van der Waals surface area contributed by atoms with Gasteiger partial charge in [0, 0.05) is 17.0 Å². The molecule has 1 aliphatic carbocycles. The van der Waals surface area contributed by atoms with Crippen LogP contribution in [-0.4, -0.2) is 65.4 Å². The van der Waals surface area contributed by atoms with Gasteiger partial charge >= 0.3 is 5.24 Å². The summed E-state index contributed by atoms with van der Waals surface area (Å²) in [7, 11) is 1.65. The minimum absolute atomic E-state index is 0.00210. The average Bonchev–Trinajstić information content (AvgIpc) is 3.61. The Bertz CT molecular complexity index is 1140. The van der Waals surface area contributed by atoms with Crippen LogP contribution in [0, 0.1) is 0 Å². The molecule has 1 saturated heterocycles. The number of rotatable bonds is 9. The number of hydrazone groups is 1. The molecule has 0 unspecified atom stereocenters. The number of likely N-dealkylation sites (tertiary alicyclic amines) is 1. The number of thioether (sulfide) groups is 1. The van der Waals surface area contributed by atoms with Gasteiger partial charge < -0.3 is 14.8 Å². The van der Waals surface area contributed by atoms with Crippen molar-refractivity contribution in [3.63, 3.8) is 0 Å². The number of anilines is 1. The lowest BCUT2D eigenvalue weighted by Crippen LogP contribution is -2.31. The normalized spacial score (nSPS) is 18.7. The lowest BCUT2D eigenvalue weighted by atomic mass is 10.1. The molecule has 2 amide bonds. The minimum atomic E-state index is -0.0808. The maximum atomic E-state index is 12.6. The van der Waals surface area contributed by atoms with E-state index in [-0.39, 0.29) is 17.3 Å². The molecule has 1 N–H and O–H groups in total. The predicted octanol–water partition coefficient (Wildman–Crippen LogP) is 5.12. The number of carbonyl (C=O) groups excluding carboxylic acids is 2. The van der Waals surface area contributed by atoms with E-state index in [2.05, 4.69) is 10.2 Å². The van der Waals surface area contributed by atoms with Gasteiger partial charge in [0.2, 0.25) is 5.91 Å². The first-order valence-corrected chi connectivity index (χ1v) is 14.0. The van der Waals surface area contributed by atoms with Crippen LogP contribution in [0.1, 0.15) is 49.7 Å². The van der Waals surface area contributed by atoms with Crippen LogP contribution in [0.2, 0.25) is 0 Å². The van der Waals surface area contributed by atoms with Crippen LogP contribution in [0.4, 0.5) is 10.5 Å². The second-order valence-corrected chi connectivity index (χ2v) is 10.7. The van der Waals surface area contributed by atoms with Gasteiger partial charge in [-0.3, -0.25) is 14.5 Å². The summed E-state index contributed by atoms with van der Waals surface area (Å²) in [5, 5.41) is 9.08. The summed E-state index contributed by atoms with van der Waals surface area (Å²) >= 11 is 1.25.